The lowest BCUT2D eigenvalue weighted by Crippen LogP contribution is -2.23. The normalized spacial score (nSPS) is 13.1. The fourth-order valence-corrected chi connectivity index (χ4v) is 2.09. The molecule has 0 aromatic carbocycles. The summed E-state index contributed by atoms with van der Waals surface area (Å²) in [7, 11) is 8.53. The van der Waals surface area contributed by atoms with Gasteiger partial charge >= 0.3 is 0 Å². The second kappa shape index (κ2) is 50.1. The number of nitrogens with one attached hydrogen (secondary N) is 5. The quantitative estimate of drug-likeness (QED) is 0.158. The van der Waals surface area contributed by atoms with Gasteiger partial charge in [-0.1, -0.05) is 52.7 Å². The highest BCUT2D eigenvalue weighted by Gasteiger charge is 2.03. The van der Waals surface area contributed by atoms with E-state index in [4.69, 9.17) is 28.0 Å². The molecule has 0 saturated carbocycles. The van der Waals surface area contributed by atoms with Gasteiger partial charge in [-0.2, -0.15) is 0 Å². The highest BCUT2D eigenvalue weighted by Crippen LogP contribution is 2.05. The summed E-state index contributed by atoms with van der Waals surface area (Å²) in [5.74, 6) is 2.72. The van der Waals surface area contributed by atoms with E-state index in [-0.39, 0.29) is 22.3 Å². The molecular weight excluding hydrogens is 559 g/mol. The fourth-order valence-electron chi connectivity index (χ4n) is 1.17. The molecule has 2 fully saturated rings. The summed E-state index contributed by atoms with van der Waals surface area (Å²) in [6.07, 6.45) is 4.03. The first kappa shape index (κ1) is 58.0. The van der Waals surface area contributed by atoms with Crippen LogP contribution >= 0.6 is 23.5 Å². The van der Waals surface area contributed by atoms with Crippen molar-refractivity contribution in [1.82, 2.24) is 16.0 Å². The Morgan fingerprint density at radius 2 is 1.27 bits per heavy atom. The Balaban J connectivity index is -0.0000000516. The van der Waals surface area contributed by atoms with Crippen molar-refractivity contribution in [2.24, 2.45) is 42.2 Å². The zero-order valence-corrected chi connectivity index (χ0v) is 27.0. The molecule has 15 heteroatoms. The average Bonchev–Trinajstić information content (AvgIpc) is 3.64. The molecule has 0 unspecified atom stereocenters. The molecule has 2 saturated heterocycles. The molecule has 2 rings (SSSR count). The molecule has 0 spiro atoms. The summed E-state index contributed by atoms with van der Waals surface area (Å²) in [5, 5.41) is 24.2. The van der Waals surface area contributed by atoms with Crippen LogP contribution in [0.4, 0.5) is 0 Å². The van der Waals surface area contributed by atoms with E-state index < -0.39 is 0 Å². The predicted octanol–water partition coefficient (Wildman–Crippen LogP) is 3.75. The van der Waals surface area contributed by atoms with Gasteiger partial charge in [-0.15, -0.1) is 0 Å². The Morgan fingerprint density at radius 1 is 0.878 bits per heavy atom. The standard InChI is InChI=1S/C4H9N3.C4H8N2S.C4H9N.C3H8N2S.C3H8N2.C3H7N.C2H6N2.3CH4/c2*1-5-4-6-2-3-7-4;1-3-4(2)5;1-5-3(4)6-2;1-3(4)5-2;1-3(2)4;1-4-2-3;;;/h2-3H2,1H3,(H2,5,6,7);2-3H2,1H3,(H,5,6);5H,3H2,1-2H3;1-2H3,(H2,4,5);1-2H3,(H2,4,5);4H,1-2H3;2H,1H3,(H2,3,4);3*1H4. The number of aliphatic imine (C=N–C) groups is 5. The molecule has 0 aromatic rings. The van der Waals surface area contributed by atoms with Crippen molar-refractivity contribution in [2.45, 2.75) is 63.3 Å². The van der Waals surface area contributed by atoms with Crippen LogP contribution in [0.15, 0.2) is 25.0 Å². The smallest absolute Gasteiger partial charge is 0.191 e. The highest BCUT2D eigenvalue weighted by atomic mass is 32.2. The first-order valence-corrected chi connectivity index (χ1v) is 14.0. The Labute approximate surface area is 262 Å². The zero-order valence-electron chi connectivity index (χ0n) is 25.4. The van der Waals surface area contributed by atoms with Gasteiger partial charge in [0.2, 0.25) is 0 Å². The molecule has 0 amide bonds. The van der Waals surface area contributed by atoms with E-state index in [2.05, 4.69) is 40.9 Å². The second-order valence-corrected chi connectivity index (χ2v) is 8.81. The number of nitrogens with two attached hydrogens (primary N) is 3. The van der Waals surface area contributed by atoms with Crippen molar-refractivity contribution >= 4 is 63.4 Å². The first-order valence-electron chi connectivity index (χ1n) is 11.8. The van der Waals surface area contributed by atoms with E-state index in [1.807, 2.05) is 13.2 Å². The van der Waals surface area contributed by atoms with E-state index in [1.165, 1.54) is 23.9 Å². The van der Waals surface area contributed by atoms with Crippen LogP contribution in [0.2, 0.25) is 0 Å². The third-order valence-electron chi connectivity index (χ3n) is 3.22. The van der Waals surface area contributed by atoms with E-state index in [0.717, 1.165) is 42.9 Å². The lowest BCUT2D eigenvalue weighted by molar-refractivity contribution is 0.942. The number of nitrogens with zero attached hydrogens (tertiary/aromatic N) is 5. The van der Waals surface area contributed by atoms with Crippen LogP contribution < -0.4 is 33.2 Å². The van der Waals surface area contributed by atoms with Gasteiger partial charge in [0.15, 0.2) is 16.3 Å². The maximum absolute atomic E-state index is 6.74. The molecule has 0 radical (unpaired) electrons. The van der Waals surface area contributed by atoms with Crippen LogP contribution in [0.1, 0.15) is 63.3 Å². The summed E-state index contributed by atoms with van der Waals surface area (Å²) >= 11 is 3.23. The van der Waals surface area contributed by atoms with Crippen molar-refractivity contribution in [3.05, 3.63) is 0 Å². The minimum absolute atomic E-state index is 0. The SMILES string of the molecule is C.C.C.CC(C)=N.CCC(C)=N.CN=C(C)N.CN=C(N)SC.CN=C1NCCN1.CN=C1NCCS1.CN=CN. The van der Waals surface area contributed by atoms with Gasteiger partial charge in [0.1, 0.15) is 0 Å². The monoisotopic (exact) mass is 626 g/mol. The van der Waals surface area contributed by atoms with Gasteiger partial charge in [-0.25, -0.2) is 0 Å². The van der Waals surface area contributed by atoms with Crippen LogP contribution in [-0.2, 0) is 0 Å². The number of hydrogen-bond donors (Lipinski definition) is 8. The van der Waals surface area contributed by atoms with Crippen LogP contribution in [0.5, 0.6) is 0 Å². The molecule has 0 bridgehead atoms. The Bertz CT molecular complexity index is 653. The van der Waals surface area contributed by atoms with Crippen molar-refractivity contribution in [2.75, 3.05) is 66.9 Å². The van der Waals surface area contributed by atoms with Gasteiger partial charge in [-0.05, 0) is 40.4 Å². The molecule has 0 aromatic heterocycles. The Morgan fingerprint density at radius 3 is 1.37 bits per heavy atom. The molecule has 0 atom stereocenters. The third-order valence-corrected chi connectivity index (χ3v) is 4.82. The van der Waals surface area contributed by atoms with Gasteiger partial charge in [0.05, 0.1) is 12.2 Å². The Hall–Kier alpha value is -2.81. The van der Waals surface area contributed by atoms with Crippen molar-refractivity contribution in [1.29, 1.82) is 10.8 Å². The van der Waals surface area contributed by atoms with Crippen LogP contribution in [0, 0.1) is 10.8 Å². The number of guanidine groups is 1. The molecular formula is C26H67N13S2. The van der Waals surface area contributed by atoms with Gasteiger partial charge in [-0.3, -0.25) is 25.0 Å². The lowest BCUT2D eigenvalue weighted by atomic mass is 10.3. The van der Waals surface area contributed by atoms with E-state index in [0.29, 0.717) is 16.7 Å². The molecule has 41 heavy (non-hydrogen) atoms. The second-order valence-electron chi connectivity index (χ2n) is 6.90. The van der Waals surface area contributed by atoms with Crippen molar-refractivity contribution < 1.29 is 0 Å². The van der Waals surface area contributed by atoms with Gasteiger partial charge in [0, 0.05) is 72.0 Å². The van der Waals surface area contributed by atoms with E-state index >= 15 is 0 Å². The summed E-state index contributed by atoms with van der Waals surface area (Å²) in [6, 6.07) is 0. The number of hydrogen-bond acceptors (Lipinski definition) is 9. The average molecular weight is 626 g/mol. The molecule has 2 heterocycles. The summed E-state index contributed by atoms with van der Waals surface area (Å²) in [6.45, 7) is 12.1. The van der Waals surface area contributed by atoms with E-state index in [1.54, 1.807) is 74.7 Å². The number of rotatable bonds is 1. The van der Waals surface area contributed by atoms with Crippen LogP contribution in [0.25, 0.3) is 0 Å². The van der Waals surface area contributed by atoms with Crippen molar-refractivity contribution in [3.8, 4) is 0 Å². The Kier molecular flexibility index (Phi) is 70.8. The van der Waals surface area contributed by atoms with Crippen molar-refractivity contribution in [3.63, 3.8) is 0 Å². The molecule has 248 valence electrons. The first-order chi connectivity index (χ1) is 17.9. The van der Waals surface area contributed by atoms with Crippen LogP contribution in [0.3, 0.4) is 0 Å². The summed E-state index contributed by atoms with van der Waals surface area (Å²) < 4.78 is 0. The minimum Gasteiger partial charge on any atom is -0.390 e. The maximum Gasteiger partial charge on any atom is 0.191 e. The molecule has 2 aliphatic heterocycles. The summed E-state index contributed by atoms with van der Waals surface area (Å²) in [5.41, 5.74) is 16.4. The molecule has 13 nitrogen and oxygen atoms in total. The highest BCUT2D eigenvalue weighted by molar-refractivity contribution is 8.14. The topological polar surface area (TPSA) is 224 Å². The lowest BCUT2D eigenvalue weighted by Gasteiger charge is -1.90. The number of thioether (sulfide) groups is 2. The third kappa shape index (κ3) is 78.7. The maximum atomic E-state index is 6.74. The van der Waals surface area contributed by atoms with Crippen LogP contribution in [-0.4, -0.2) is 107 Å². The molecule has 2 aliphatic rings. The van der Waals surface area contributed by atoms with E-state index in [9.17, 15) is 0 Å². The predicted molar refractivity (Wildman–Crippen MR) is 199 cm³/mol. The minimum atomic E-state index is 0. The summed E-state index contributed by atoms with van der Waals surface area (Å²) in [4.78, 5) is 18.5. The van der Waals surface area contributed by atoms with Gasteiger partial charge in [0.25, 0.3) is 0 Å². The fraction of sp³-hybridized carbons (Fsp3) is 0.731. The zero-order chi connectivity index (χ0) is 30.8. The van der Waals surface area contributed by atoms with Gasteiger partial charge < -0.3 is 44.0 Å². The molecule has 11 N–H and O–H groups in total. The number of amidine groups is 3. The largest absolute Gasteiger partial charge is 0.390 e. The molecule has 0 aliphatic carbocycles.